The molecule has 0 saturated carbocycles. The Morgan fingerprint density at radius 1 is 1.56 bits per heavy atom. The molecule has 1 aliphatic rings. The zero-order chi connectivity index (χ0) is 13.6. The van der Waals surface area contributed by atoms with Crippen molar-refractivity contribution >= 4 is 5.91 Å². The summed E-state index contributed by atoms with van der Waals surface area (Å²) < 4.78 is 0. The zero-order valence-corrected chi connectivity index (χ0v) is 10.1. The Bertz CT molecular complexity index is 471. The highest BCUT2D eigenvalue weighted by molar-refractivity contribution is 5.74. The van der Waals surface area contributed by atoms with Gasteiger partial charge in [-0.25, -0.2) is 0 Å². The number of amides is 1. The van der Waals surface area contributed by atoms with E-state index in [0.29, 0.717) is 19.3 Å². The molecule has 1 atom stereocenters. The molecule has 0 fully saturated rings. The maximum atomic E-state index is 10.8. The molecule has 0 aromatic rings. The van der Waals surface area contributed by atoms with E-state index in [1.54, 1.807) is 0 Å². The first-order valence-electron chi connectivity index (χ1n) is 5.81. The van der Waals surface area contributed by atoms with Gasteiger partial charge >= 0.3 is 0 Å². The van der Waals surface area contributed by atoms with Gasteiger partial charge in [0.05, 0.1) is 12.1 Å². The fraction of sp³-hybridized carbons (Fsp3) is 0.500. The van der Waals surface area contributed by atoms with E-state index in [0.717, 1.165) is 12.0 Å². The van der Waals surface area contributed by atoms with Gasteiger partial charge < -0.3 is 5.73 Å². The molecule has 1 aliphatic carbocycles. The van der Waals surface area contributed by atoms with Gasteiger partial charge in [0.25, 0.3) is 0 Å². The van der Waals surface area contributed by atoms with Crippen LogP contribution in [-0.4, -0.2) is 5.91 Å². The summed E-state index contributed by atoms with van der Waals surface area (Å²) in [6.07, 6.45) is 9.63. The topological polar surface area (TPSA) is 90.7 Å². The van der Waals surface area contributed by atoms with Crippen LogP contribution in [0.15, 0.2) is 11.6 Å². The number of terminal acetylenes is 1. The van der Waals surface area contributed by atoms with Crippen molar-refractivity contribution in [3.05, 3.63) is 11.6 Å². The number of hydrogen-bond acceptors (Lipinski definition) is 3. The SMILES string of the molecule is C#CCC(C#N)(C#N)C1=CCC(CC(N)=O)CC1. The average molecular weight is 241 g/mol. The summed E-state index contributed by atoms with van der Waals surface area (Å²) in [5.41, 5.74) is 4.73. The second kappa shape index (κ2) is 5.89. The molecular weight excluding hydrogens is 226 g/mol. The van der Waals surface area contributed by atoms with Crippen LogP contribution in [-0.2, 0) is 4.79 Å². The average Bonchev–Trinajstić information content (AvgIpc) is 2.36. The third kappa shape index (κ3) is 2.90. The molecular formula is C14H15N3O. The quantitative estimate of drug-likeness (QED) is 0.599. The Labute approximate surface area is 107 Å². The van der Waals surface area contributed by atoms with E-state index in [9.17, 15) is 15.3 Å². The Hall–Kier alpha value is -2.25. The fourth-order valence-electron chi connectivity index (χ4n) is 2.26. The Balaban J connectivity index is 2.84. The molecule has 4 heteroatoms. The van der Waals surface area contributed by atoms with E-state index in [2.05, 4.69) is 5.92 Å². The number of nitriles is 2. The third-order valence-electron chi connectivity index (χ3n) is 3.31. The first-order valence-corrected chi connectivity index (χ1v) is 5.81. The molecule has 1 rings (SSSR count). The van der Waals surface area contributed by atoms with Crippen LogP contribution in [0, 0.1) is 46.3 Å². The van der Waals surface area contributed by atoms with E-state index >= 15 is 0 Å². The van der Waals surface area contributed by atoms with Gasteiger partial charge in [-0.1, -0.05) is 6.08 Å². The van der Waals surface area contributed by atoms with Crippen molar-refractivity contribution in [2.75, 3.05) is 0 Å². The van der Waals surface area contributed by atoms with E-state index in [-0.39, 0.29) is 18.2 Å². The lowest BCUT2D eigenvalue weighted by Gasteiger charge is -2.27. The zero-order valence-electron chi connectivity index (χ0n) is 10.1. The normalized spacial score (nSPS) is 18.9. The first-order chi connectivity index (χ1) is 8.57. The van der Waals surface area contributed by atoms with Crippen LogP contribution < -0.4 is 5.73 Å². The summed E-state index contributed by atoms with van der Waals surface area (Å²) in [5, 5.41) is 18.4. The van der Waals surface area contributed by atoms with E-state index in [1.807, 2.05) is 18.2 Å². The van der Waals surface area contributed by atoms with Gasteiger partial charge in [-0.15, -0.1) is 12.3 Å². The molecule has 4 nitrogen and oxygen atoms in total. The minimum Gasteiger partial charge on any atom is -0.370 e. The van der Waals surface area contributed by atoms with Crippen molar-refractivity contribution in [1.29, 1.82) is 10.5 Å². The number of hydrogen-bond donors (Lipinski definition) is 1. The van der Waals surface area contributed by atoms with Crippen LogP contribution in [0.1, 0.15) is 32.1 Å². The maximum Gasteiger partial charge on any atom is 0.217 e. The lowest BCUT2D eigenvalue weighted by molar-refractivity contribution is -0.118. The number of primary amides is 1. The fourth-order valence-corrected chi connectivity index (χ4v) is 2.26. The van der Waals surface area contributed by atoms with Gasteiger partial charge in [-0.3, -0.25) is 4.79 Å². The van der Waals surface area contributed by atoms with Gasteiger partial charge in [-0.05, 0) is 30.8 Å². The number of carbonyl (C=O) groups is 1. The summed E-state index contributed by atoms with van der Waals surface area (Å²) in [6, 6.07) is 4.06. The Morgan fingerprint density at radius 3 is 2.61 bits per heavy atom. The van der Waals surface area contributed by atoms with E-state index < -0.39 is 5.41 Å². The predicted octanol–water partition coefficient (Wildman–Crippen LogP) is 1.65. The summed E-state index contributed by atoms with van der Waals surface area (Å²) in [6.45, 7) is 0. The van der Waals surface area contributed by atoms with Crippen LogP contribution in [0.2, 0.25) is 0 Å². The predicted molar refractivity (Wildman–Crippen MR) is 66.3 cm³/mol. The smallest absolute Gasteiger partial charge is 0.217 e. The molecule has 0 aliphatic heterocycles. The van der Waals surface area contributed by atoms with Crippen LogP contribution >= 0.6 is 0 Å². The number of allylic oxidation sites excluding steroid dienone is 2. The van der Waals surface area contributed by atoms with Gasteiger partial charge in [-0.2, -0.15) is 10.5 Å². The molecule has 2 N–H and O–H groups in total. The first kappa shape index (κ1) is 13.8. The second-order valence-electron chi connectivity index (χ2n) is 4.55. The molecule has 92 valence electrons. The highest BCUT2D eigenvalue weighted by Gasteiger charge is 2.35. The number of nitrogens with two attached hydrogens (primary N) is 1. The minimum atomic E-state index is -1.20. The molecule has 18 heavy (non-hydrogen) atoms. The lowest BCUT2D eigenvalue weighted by Crippen LogP contribution is -2.24. The molecule has 0 bridgehead atoms. The largest absolute Gasteiger partial charge is 0.370 e. The minimum absolute atomic E-state index is 0.103. The van der Waals surface area contributed by atoms with Crippen LogP contribution in [0.4, 0.5) is 0 Å². The number of nitrogens with zero attached hydrogens (tertiary/aromatic N) is 2. The van der Waals surface area contributed by atoms with Crippen molar-refractivity contribution in [2.45, 2.75) is 32.1 Å². The monoisotopic (exact) mass is 241 g/mol. The van der Waals surface area contributed by atoms with Gasteiger partial charge in [0, 0.05) is 12.8 Å². The number of rotatable bonds is 4. The second-order valence-corrected chi connectivity index (χ2v) is 4.55. The third-order valence-corrected chi connectivity index (χ3v) is 3.31. The molecule has 0 saturated heterocycles. The van der Waals surface area contributed by atoms with Crippen LogP contribution in [0.25, 0.3) is 0 Å². The van der Waals surface area contributed by atoms with Gasteiger partial charge in [0.1, 0.15) is 0 Å². The molecule has 0 aromatic heterocycles. The molecule has 0 heterocycles. The van der Waals surface area contributed by atoms with Crippen molar-refractivity contribution in [2.24, 2.45) is 17.1 Å². The van der Waals surface area contributed by atoms with E-state index in [4.69, 9.17) is 12.2 Å². The summed E-state index contributed by atoms with van der Waals surface area (Å²) in [4.78, 5) is 10.8. The summed E-state index contributed by atoms with van der Waals surface area (Å²) >= 11 is 0. The van der Waals surface area contributed by atoms with Crippen molar-refractivity contribution in [3.8, 4) is 24.5 Å². The standard InChI is InChI=1S/C14H15N3O/c1-2-7-14(9-15,10-16)12-5-3-11(4-6-12)8-13(17)18/h1,5,11H,3-4,6-8H2,(H2,17,18). The van der Waals surface area contributed by atoms with Gasteiger partial charge in [0.15, 0.2) is 5.41 Å². The lowest BCUT2D eigenvalue weighted by atomic mass is 9.73. The van der Waals surface area contributed by atoms with E-state index in [1.165, 1.54) is 0 Å². The summed E-state index contributed by atoms with van der Waals surface area (Å²) in [7, 11) is 0. The molecule has 0 radical (unpaired) electrons. The maximum absolute atomic E-state index is 10.8. The van der Waals surface area contributed by atoms with Crippen LogP contribution in [0.3, 0.4) is 0 Å². The van der Waals surface area contributed by atoms with Gasteiger partial charge in [0.2, 0.25) is 5.91 Å². The van der Waals surface area contributed by atoms with Crippen LogP contribution in [0.5, 0.6) is 0 Å². The highest BCUT2D eigenvalue weighted by atomic mass is 16.1. The number of carbonyl (C=O) groups excluding carboxylic acids is 1. The molecule has 1 amide bonds. The van der Waals surface area contributed by atoms with Crippen molar-refractivity contribution in [1.82, 2.24) is 0 Å². The Kier molecular flexibility index (Phi) is 4.52. The molecule has 0 spiro atoms. The molecule has 0 aromatic carbocycles. The van der Waals surface area contributed by atoms with Crippen molar-refractivity contribution < 1.29 is 4.79 Å². The van der Waals surface area contributed by atoms with Crippen molar-refractivity contribution in [3.63, 3.8) is 0 Å². The Morgan fingerprint density at radius 2 is 2.22 bits per heavy atom. The summed E-state index contributed by atoms with van der Waals surface area (Å²) in [5.74, 6) is 2.29. The highest BCUT2D eigenvalue weighted by Crippen LogP contribution is 2.38. The molecule has 1 unspecified atom stereocenters.